The quantitative estimate of drug-likeness (QED) is 0.368. The molecule has 6 heteroatoms. The number of nitrogens with one attached hydrogen (secondary N) is 1. The molecule has 0 aliphatic heterocycles. The minimum Gasteiger partial charge on any atom is -0.431 e. The minimum absolute atomic E-state index is 0.0984. The number of rotatable bonds is 7. The van der Waals surface area contributed by atoms with Gasteiger partial charge < -0.3 is 14.6 Å². The monoisotopic (exact) mass is 417 g/mol. The summed E-state index contributed by atoms with van der Waals surface area (Å²) in [5.41, 5.74) is 4.50. The van der Waals surface area contributed by atoms with Crippen molar-refractivity contribution in [2.45, 2.75) is 25.1 Å². The van der Waals surface area contributed by atoms with Crippen molar-refractivity contribution in [3.05, 3.63) is 78.9 Å². The summed E-state index contributed by atoms with van der Waals surface area (Å²) in [6, 6.07) is 26.0. The average Bonchev–Trinajstić information content (AvgIpc) is 3.17. The lowest BCUT2D eigenvalue weighted by Gasteiger charge is -2.29. The van der Waals surface area contributed by atoms with E-state index in [1.54, 1.807) is 0 Å². The topological polar surface area (TPSA) is 58.4 Å². The van der Waals surface area contributed by atoms with Crippen molar-refractivity contribution in [2.75, 3.05) is 16.0 Å². The summed E-state index contributed by atoms with van der Waals surface area (Å²) >= 11 is 1.28. The molecule has 1 heterocycles. The lowest BCUT2D eigenvalue weighted by Crippen LogP contribution is -2.25. The Hall–Kier alpha value is -3.25. The van der Waals surface area contributed by atoms with Gasteiger partial charge in [0, 0.05) is 23.1 Å². The molecule has 0 aliphatic carbocycles. The molecule has 4 rings (SSSR count). The summed E-state index contributed by atoms with van der Waals surface area (Å²) in [7, 11) is 0. The van der Waals surface area contributed by atoms with Gasteiger partial charge in [-0.1, -0.05) is 42.1 Å². The van der Waals surface area contributed by atoms with Crippen LogP contribution in [-0.2, 0) is 4.79 Å². The number of aromatic nitrogens is 1. The van der Waals surface area contributed by atoms with Crippen LogP contribution in [0.3, 0.4) is 0 Å². The third-order valence-electron chi connectivity index (χ3n) is 4.58. The first-order valence-electron chi connectivity index (χ1n) is 9.83. The zero-order valence-corrected chi connectivity index (χ0v) is 17.7. The first-order chi connectivity index (χ1) is 14.6. The molecule has 0 saturated carbocycles. The van der Waals surface area contributed by atoms with Crippen LogP contribution in [0, 0.1) is 0 Å². The highest BCUT2D eigenvalue weighted by molar-refractivity contribution is 7.99. The van der Waals surface area contributed by atoms with Crippen molar-refractivity contribution in [3.8, 4) is 0 Å². The molecule has 0 radical (unpaired) electrons. The van der Waals surface area contributed by atoms with Gasteiger partial charge in [0.1, 0.15) is 5.52 Å². The van der Waals surface area contributed by atoms with Crippen LogP contribution < -0.4 is 10.2 Å². The Morgan fingerprint density at radius 3 is 2.33 bits per heavy atom. The van der Waals surface area contributed by atoms with Crippen molar-refractivity contribution >= 4 is 45.8 Å². The van der Waals surface area contributed by atoms with Gasteiger partial charge in [-0.2, -0.15) is 0 Å². The Morgan fingerprint density at radius 2 is 1.63 bits per heavy atom. The van der Waals surface area contributed by atoms with Crippen LogP contribution in [-0.4, -0.2) is 22.7 Å². The highest BCUT2D eigenvalue weighted by Gasteiger charge is 2.13. The van der Waals surface area contributed by atoms with Crippen LogP contribution in [0.4, 0.5) is 17.1 Å². The molecule has 30 heavy (non-hydrogen) atoms. The van der Waals surface area contributed by atoms with Gasteiger partial charge >= 0.3 is 0 Å². The minimum atomic E-state index is -0.0984. The van der Waals surface area contributed by atoms with E-state index in [4.69, 9.17) is 4.42 Å². The number of nitrogens with zero attached hydrogens (tertiary/aromatic N) is 2. The molecule has 1 aromatic heterocycles. The maximum absolute atomic E-state index is 12.3. The molecule has 0 bridgehead atoms. The van der Waals surface area contributed by atoms with E-state index in [-0.39, 0.29) is 11.7 Å². The number of fused-ring (bicyclic) bond motifs is 1. The number of carbonyl (C=O) groups is 1. The molecule has 0 atom stereocenters. The van der Waals surface area contributed by atoms with Crippen molar-refractivity contribution in [1.82, 2.24) is 4.98 Å². The van der Waals surface area contributed by atoms with Gasteiger partial charge in [-0.05, 0) is 62.4 Å². The predicted octanol–water partition coefficient (Wildman–Crippen LogP) is 6.11. The molecule has 5 nitrogen and oxygen atoms in total. The summed E-state index contributed by atoms with van der Waals surface area (Å²) in [5.74, 6) is 0.134. The van der Waals surface area contributed by atoms with Crippen LogP contribution in [0.15, 0.2) is 88.5 Å². The number of anilines is 3. The molecular weight excluding hydrogens is 394 g/mol. The number of oxazole rings is 1. The first-order valence-corrected chi connectivity index (χ1v) is 10.8. The molecule has 0 fully saturated rings. The van der Waals surface area contributed by atoms with E-state index < -0.39 is 0 Å². The Kier molecular flexibility index (Phi) is 6.05. The maximum Gasteiger partial charge on any atom is 0.257 e. The van der Waals surface area contributed by atoms with Gasteiger partial charge in [-0.3, -0.25) is 4.79 Å². The Labute approximate surface area is 180 Å². The highest BCUT2D eigenvalue weighted by atomic mass is 32.2. The second-order valence-corrected chi connectivity index (χ2v) is 8.06. The van der Waals surface area contributed by atoms with Gasteiger partial charge in [0.05, 0.1) is 5.75 Å². The number of hydrogen-bond donors (Lipinski definition) is 1. The number of amides is 1. The fourth-order valence-corrected chi connectivity index (χ4v) is 3.91. The third kappa shape index (κ3) is 4.66. The van der Waals surface area contributed by atoms with Crippen LogP contribution in [0.25, 0.3) is 11.1 Å². The first kappa shape index (κ1) is 20.0. The molecule has 1 amide bonds. The molecule has 1 N–H and O–H groups in total. The fraction of sp³-hybridized carbons (Fsp3) is 0.167. The second-order valence-electron chi connectivity index (χ2n) is 7.13. The Morgan fingerprint density at radius 1 is 0.967 bits per heavy atom. The largest absolute Gasteiger partial charge is 0.431 e. The molecule has 3 aromatic carbocycles. The second kappa shape index (κ2) is 9.05. The van der Waals surface area contributed by atoms with Crippen molar-refractivity contribution in [2.24, 2.45) is 0 Å². The van der Waals surface area contributed by atoms with Crippen LogP contribution in [0.5, 0.6) is 0 Å². The Bertz CT molecular complexity index is 1090. The normalized spacial score (nSPS) is 11.0. The smallest absolute Gasteiger partial charge is 0.257 e. The molecule has 152 valence electrons. The molecule has 0 aliphatic rings. The van der Waals surface area contributed by atoms with E-state index in [0.717, 1.165) is 28.2 Å². The molecular formula is C24H23N3O2S. The van der Waals surface area contributed by atoms with E-state index in [1.807, 2.05) is 66.7 Å². The number of hydrogen-bond acceptors (Lipinski definition) is 5. The molecule has 0 unspecified atom stereocenters. The maximum atomic E-state index is 12.3. The lowest BCUT2D eigenvalue weighted by molar-refractivity contribution is -0.113. The van der Waals surface area contributed by atoms with Crippen LogP contribution >= 0.6 is 11.8 Å². The van der Waals surface area contributed by atoms with E-state index in [9.17, 15) is 4.79 Å². The van der Waals surface area contributed by atoms with Gasteiger partial charge in [0.15, 0.2) is 5.58 Å². The summed E-state index contributed by atoms with van der Waals surface area (Å²) in [6.07, 6.45) is 0. The van der Waals surface area contributed by atoms with Gasteiger partial charge in [0.25, 0.3) is 5.22 Å². The van der Waals surface area contributed by atoms with Crippen LogP contribution in [0.1, 0.15) is 13.8 Å². The summed E-state index contributed by atoms with van der Waals surface area (Å²) in [4.78, 5) is 19.0. The molecule has 0 saturated heterocycles. The SMILES string of the molecule is CC(C)N(c1ccccc1)c1ccc(NC(=O)CSc2nc3ccccc3o2)cc1. The summed E-state index contributed by atoms with van der Waals surface area (Å²) in [5, 5.41) is 3.43. The fourth-order valence-electron chi connectivity index (χ4n) is 3.28. The lowest BCUT2D eigenvalue weighted by atomic mass is 10.2. The standard InChI is InChI=1S/C24H23N3O2S/c1-17(2)27(19-8-4-3-5-9-19)20-14-12-18(13-15-20)25-23(28)16-30-24-26-21-10-6-7-11-22(21)29-24/h3-15,17H,16H2,1-2H3,(H,25,28). The number of para-hydroxylation sites is 3. The van der Waals surface area contributed by atoms with E-state index in [1.165, 1.54) is 11.8 Å². The van der Waals surface area contributed by atoms with Crippen molar-refractivity contribution in [1.29, 1.82) is 0 Å². The number of carbonyl (C=O) groups excluding carboxylic acids is 1. The zero-order chi connectivity index (χ0) is 20.9. The Balaban J connectivity index is 1.38. The molecule has 4 aromatic rings. The van der Waals surface area contributed by atoms with Gasteiger partial charge in [0.2, 0.25) is 5.91 Å². The van der Waals surface area contributed by atoms with Crippen molar-refractivity contribution < 1.29 is 9.21 Å². The average molecular weight is 418 g/mol. The highest BCUT2D eigenvalue weighted by Crippen LogP contribution is 2.29. The van der Waals surface area contributed by atoms with E-state index >= 15 is 0 Å². The van der Waals surface area contributed by atoms with Crippen molar-refractivity contribution in [3.63, 3.8) is 0 Å². The van der Waals surface area contributed by atoms with E-state index in [0.29, 0.717) is 11.3 Å². The predicted molar refractivity (Wildman–Crippen MR) is 124 cm³/mol. The number of benzene rings is 3. The molecule has 0 spiro atoms. The summed E-state index contributed by atoms with van der Waals surface area (Å²) < 4.78 is 5.64. The zero-order valence-electron chi connectivity index (χ0n) is 16.9. The third-order valence-corrected chi connectivity index (χ3v) is 5.41. The number of thioether (sulfide) groups is 1. The van der Waals surface area contributed by atoms with Crippen LogP contribution in [0.2, 0.25) is 0 Å². The van der Waals surface area contributed by atoms with Gasteiger partial charge in [-0.25, -0.2) is 4.98 Å². The van der Waals surface area contributed by atoms with Gasteiger partial charge in [-0.15, -0.1) is 0 Å². The van der Waals surface area contributed by atoms with E-state index in [2.05, 4.69) is 41.2 Å². The summed E-state index contributed by atoms with van der Waals surface area (Å²) in [6.45, 7) is 4.32.